The average Bonchev–Trinajstić information content (AvgIpc) is 3.35. The molecule has 0 N–H and O–H groups in total. The van der Waals surface area contributed by atoms with E-state index < -0.39 is 46.3 Å². The molecule has 0 aromatic heterocycles. The number of ether oxygens (including phenoxy) is 4. The van der Waals surface area contributed by atoms with E-state index in [9.17, 15) is 21.6 Å². The van der Waals surface area contributed by atoms with Gasteiger partial charge in [0, 0.05) is 7.11 Å². The van der Waals surface area contributed by atoms with Gasteiger partial charge in [0.05, 0.1) is 19.3 Å². The molecule has 44 heavy (non-hydrogen) atoms. The first-order chi connectivity index (χ1) is 21.2. The van der Waals surface area contributed by atoms with Crippen LogP contribution < -0.4 is 0 Å². The highest BCUT2D eigenvalue weighted by Gasteiger charge is 2.56. The zero-order valence-corrected chi connectivity index (χ0v) is 26.6. The van der Waals surface area contributed by atoms with Crippen LogP contribution in [-0.4, -0.2) is 51.7 Å². The van der Waals surface area contributed by atoms with E-state index >= 15 is 0 Å². The monoisotopic (exact) mass is 644 g/mol. The molecule has 1 heterocycles. The summed E-state index contributed by atoms with van der Waals surface area (Å²) in [4.78, 5) is 0. The fourth-order valence-corrected chi connectivity index (χ4v) is 5.95. The van der Waals surface area contributed by atoms with Crippen molar-refractivity contribution in [3.8, 4) is 0 Å². The van der Waals surface area contributed by atoms with Crippen LogP contribution in [0.2, 0.25) is 0 Å². The van der Waals surface area contributed by atoms with E-state index in [2.05, 4.69) is 6.92 Å². The number of rotatable bonds is 21. The molecule has 1 saturated heterocycles. The van der Waals surface area contributed by atoms with Crippen molar-refractivity contribution in [1.29, 1.82) is 0 Å². The molecule has 0 aliphatic carbocycles. The third-order valence-electron chi connectivity index (χ3n) is 7.76. The molecule has 2 aromatic carbocycles. The van der Waals surface area contributed by atoms with Crippen LogP contribution in [0.15, 0.2) is 60.7 Å². The highest BCUT2D eigenvalue weighted by Crippen LogP contribution is 2.36. The van der Waals surface area contributed by atoms with E-state index in [0.717, 1.165) is 36.8 Å². The maximum atomic E-state index is 13.4. The molecule has 3 unspecified atom stereocenters. The van der Waals surface area contributed by atoms with Gasteiger partial charge < -0.3 is 18.9 Å². The van der Waals surface area contributed by atoms with Crippen molar-refractivity contribution in [2.75, 3.05) is 7.11 Å². The molecule has 0 radical (unpaired) electrons. The Kier molecular flexibility index (Phi) is 15.6. The van der Waals surface area contributed by atoms with E-state index in [0.29, 0.717) is 6.42 Å². The van der Waals surface area contributed by atoms with Gasteiger partial charge in [-0.3, -0.25) is 4.18 Å². The maximum Gasteiger partial charge on any atom is 0.523 e. The molecule has 2 aromatic rings. The van der Waals surface area contributed by atoms with Crippen LogP contribution in [0.1, 0.15) is 88.7 Å². The number of benzene rings is 2. The summed E-state index contributed by atoms with van der Waals surface area (Å²) in [5.41, 5.74) is -3.95. The van der Waals surface area contributed by atoms with Crippen molar-refractivity contribution in [1.82, 2.24) is 0 Å². The lowest BCUT2D eigenvalue weighted by molar-refractivity contribution is -0.172. The summed E-state index contributed by atoms with van der Waals surface area (Å²) >= 11 is 0. The van der Waals surface area contributed by atoms with Gasteiger partial charge in [-0.1, -0.05) is 132 Å². The summed E-state index contributed by atoms with van der Waals surface area (Å²) in [6.45, 7) is 2.44. The van der Waals surface area contributed by atoms with E-state index in [4.69, 9.17) is 23.1 Å². The Morgan fingerprint density at radius 3 is 1.82 bits per heavy atom. The predicted molar refractivity (Wildman–Crippen MR) is 162 cm³/mol. The Morgan fingerprint density at radius 2 is 1.30 bits per heavy atom. The molecular formula is C33H47F3O7S. The summed E-state index contributed by atoms with van der Waals surface area (Å²) in [7, 11) is -4.74. The maximum absolute atomic E-state index is 13.4. The fraction of sp³-hybridized carbons (Fsp3) is 0.636. The second kappa shape index (κ2) is 18.8. The van der Waals surface area contributed by atoms with Gasteiger partial charge in [-0.05, 0) is 17.5 Å². The third-order valence-corrected chi connectivity index (χ3v) is 8.80. The summed E-state index contributed by atoms with van der Waals surface area (Å²) < 4.78 is 92.8. The quantitative estimate of drug-likeness (QED) is 0.0772. The standard InChI is InChI=1S/C33H47F3O7S/c1-3-4-5-6-7-8-9-10-11-18-23-28(40-24-26-19-14-12-15-20-26)29-30(41-25-27-21-16-13-17-22-27)31(32(39-2)42-29)43-44(37,38)33(34,35)36/h12-17,19-22,28-32H,3-11,18,23-25H2,1-2H3/t28-,29?,30?,31?,32+/m1/s1. The normalized spacial score (nSPS) is 21.5. The number of halogens is 3. The van der Waals surface area contributed by atoms with E-state index in [-0.39, 0.29) is 13.2 Å². The Bertz CT molecular complexity index is 1150. The van der Waals surface area contributed by atoms with Crippen molar-refractivity contribution < 1.29 is 44.7 Å². The van der Waals surface area contributed by atoms with Crippen molar-refractivity contribution in [3.63, 3.8) is 0 Å². The summed E-state index contributed by atoms with van der Waals surface area (Å²) in [5, 5.41) is 0. The van der Waals surface area contributed by atoms with Gasteiger partial charge in [0.2, 0.25) is 0 Å². The van der Waals surface area contributed by atoms with E-state index in [1.807, 2.05) is 36.4 Å². The minimum atomic E-state index is -5.96. The Hall–Kier alpha value is -2.02. The highest BCUT2D eigenvalue weighted by atomic mass is 32.2. The van der Waals surface area contributed by atoms with E-state index in [1.165, 1.54) is 45.6 Å². The van der Waals surface area contributed by atoms with Crippen molar-refractivity contribution in [2.45, 2.75) is 127 Å². The minimum absolute atomic E-state index is 0.00259. The van der Waals surface area contributed by atoms with Crippen molar-refractivity contribution in [2.24, 2.45) is 0 Å². The molecule has 7 nitrogen and oxygen atoms in total. The van der Waals surface area contributed by atoms with Gasteiger partial charge in [-0.25, -0.2) is 0 Å². The van der Waals surface area contributed by atoms with Crippen LogP contribution in [0, 0.1) is 0 Å². The zero-order chi connectivity index (χ0) is 31.8. The Balaban J connectivity index is 1.75. The molecule has 0 amide bonds. The molecular weight excluding hydrogens is 597 g/mol. The van der Waals surface area contributed by atoms with Crippen LogP contribution in [0.5, 0.6) is 0 Å². The number of unbranched alkanes of at least 4 members (excludes halogenated alkanes) is 9. The second-order valence-electron chi connectivity index (χ2n) is 11.2. The summed E-state index contributed by atoms with van der Waals surface area (Å²) in [6.07, 6.45) is 6.07. The van der Waals surface area contributed by atoms with Gasteiger partial charge >= 0.3 is 15.6 Å². The largest absolute Gasteiger partial charge is 0.523 e. The SMILES string of the molecule is CCCCCCCCCCCC[C@@H](OCc1ccccc1)C1O[C@H](OC)C(OS(=O)(=O)C(F)(F)F)C1OCc1ccccc1. The first-order valence-corrected chi connectivity index (χ1v) is 17.1. The Morgan fingerprint density at radius 1 is 0.773 bits per heavy atom. The number of alkyl halides is 3. The van der Waals surface area contributed by atoms with Gasteiger partial charge in [0.25, 0.3) is 0 Å². The van der Waals surface area contributed by atoms with Gasteiger partial charge in [-0.15, -0.1) is 0 Å². The smallest absolute Gasteiger partial charge is 0.371 e. The highest BCUT2D eigenvalue weighted by molar-refractivity contribution is 7.87. The van der Waals surface area contributed by atoms with E-state index in [1.54, 1.807) is 24.3 Å². The molecule has 1 fully saturated rings. The van der Waals surface area contributed by atoms with Gasteiger partial charge in [0.15, 0.2) is 12.4 Å². The molecule has 3 rings (SSSR count). The molecule has 1 aliphatic rings. The average molecular weight is 645 g/mol. The van der Waals surface area contributed by atoms with Crippen LogP contribution >= 0.6 is 0 Å². The zero-order valence-electron chi connectivity index (χ0n) is 25.8. The van der Waals surface area contributed by atoms with Gasteiger partial charge in [0.1, 0.15) is 12.2 Å². The van der Waals surface area contributed by atoms with Crippen LogP contribution in [0.4, 0.5) is 13.2 Å². The topological polar surface area (TPSA) is 80.3 Å². The molecule has 0 bridgehead atoms. The Labute approximate surface area is 260 Å². The summed E-state index contributed by atoms with van der Waals surface area (Å²) in [6, 6.07) is 18.5. The van der Waals surface area contributed by atoms with Crippen LogP contribution in [0.25, 0.3) is 0 Å². The third kappa shape index (κ3) is 11.7. The molecule has 248 valence electrons. The lowest BCUT2D eigenvalue weighted by Gasteiger charge is -2.29. The number of hydrogen-bond donors (Lipinski definition) is 0. The lowest BCUT2D eigenvalue weighted by Crippen LogP contribution is -2.45. The molecule has 1 aliphatic heterocycles. The van der Waals surface area contributed by atoms with Crippen LogP contribution in [0.3, 0.4) is 0 Å². The minimum Gasteiger partial charge on any atom is -0.371 e. The summed E-state index contributed by atoms with van der Waals surface area (Å²) in [5.74, 6) is 0. The molecule has 11 heteroatoms. The van der Waals surface area contributed by atoms with Crippen molar-refractivity contribution in [3.05, 3.63) is 71.8 Å². The molecule has 5 atom stereocenters. The lowest BCUT2D eigenvalue weighted by atomic mass is 9.99. The first kappa shape index (κ1) is 36.4. The molecule has 0 saturated carbocycles. The fourth-order valence-electron chi connectivity index (χ4n) is 5.35. The van der Waals surface area contributed by atoms with Crippen LogP contribution in [-0.2, 0) is 46.5 Å². The molecule has 0 spiro atoms. The van der Waals surface area contributed by atoms with Crippen molar-refractivity contribution >= 4 is 10.1 Å². The predicted octanol–water partition coefficient (Wildman–Crippen LogP) is 8.07. The number of hydrogen-bond acceptors (Lipinski definition) is 7. The number of methoxy groups -OCH3 is 1. The first-order valence-electron chi connectivity index (χ1n) is 15.6. The van der Waals surface area contributed by atoms with Gasteiger partial charge in [-0.2, -0.15) is 21.6 Å². The second-order valence-corrected chi connectivity index (χ2v) is 12.8.